The molecular weight excluding hydrogens is 387 g/mol. The van der Waals surface area contributed by atoms with E-state index in [0.29, 0.717) is 38.6 Å². The Morgan fingerprint density at radius 3 is 2.52 bits per heavy atom. The summed E-state index contributed by atoms with van der Waals surface area (Å²) >= 11 is 12.4. The average Bonchev–Trinajstić information content (AvgIpc) is 2.97. The van der Waals surface area contributed by atoms with Gasteiger partial charge in [0.05, 0.1) is 25.2 Å². The van der Waals surface area contributed by atoms with Gasteiger partial charge in [-0.3, -0.25) is 0 Å². The Morgan fingerprint density at radius 1 is 1.19 bits per heavy atom. The van der Waals surface area contributed by atoms with Gasteiger partial charge in [-0.05, 0) is 31.2 Å². The third-order valence-electron chi connectivity index (χ3n) is 3.81. The molecule has 0 atom stereocenters. The number of halogens is 2. The number of imidazole rings is 1. The van der Waals surface area contributed by atoms with Gasteiger partial charge in [-0.2, -0.15) is 5.10 Å². The Labute approximate surface area is 167 Å². The van der Waals surface area contributed by atoms with Crippen LogP contribution in [0.4, 0.5) is 5.95 Å². The first-order chi connectivity index (χ1) is 13.0. The Bertz CT molecular complexity index is 966. The number of hydrogen-bond acceptors (Lipinski definition) is 5. The first kappa shape index (κ1) is 19.1. The van der Waals surface area contributed by atoms with Crippen LogP contribution in [0.1, 0.15) is 16.8 Å². The number of nitrogens with two attached hydrogens (primary N) is 1. The van der Waals surface area contributed by atoms with Crippen molar-refractivity contribution in [3.8, 4) is 11.5 Å². The van der Waals surface area contributed by atoms with Gasteiger partial charge in [-0.15, -0.1) is 0 Å². The maximum Gasteiger partial charge on any atom is 0.221 e. The molecule has 2 N–H and O–H groups in total. The zero-order chi connectivity index (χ0) is 19.4. The van der Waals surface area contributed by atoms with Crippen LogP contribution in [0.15, 0.2) is 47.7 Å². The monoisotopic (exact) mass is 404 g/mol. The number of ether oxygens (including phenoxy) is 2. The number of rotatable bonds is 6. The lowest BCUT2D eigenvalue weighted by atomic mass is 10.2. The molecule has 0 amide bonds. The quantitative estimate of drug-likeness (QED) is 0.611. The number of methoxy groups -OCH3 is 1. The minimum atomic E-state index is 0.187. The number of aromatic nitrogens is 2. The number of anilines is 1. The zero-order valence-electron chi connectivity index (χ0n) is 14.8. The predicted molar refractivity (Wildman–Crippen MR) is 108 cm³/mol. The number of para-hydroxylation sites is 1. The third kappa shape index (κ3) is 4.35. The second-order valence-corrected chi connectivity index (χ2v) is 6.51. The summed E-state index contributed by atoms with van der Waals surface area (Å²) in [6.07, 6.45) is 3.36. The maximum atomic E-state index is 6.22. The number of nitrogens with zero attached hydrogens (tertiary/aromatic N) is 3. The van der Waals surface area contributed by atoms with Crippen molar-refractivity contribution < 1.29 is 9.47 Å². The number of aryl methyl sites for hydroxylation is 1. The largest absolute Gasteiger partial charge is 0.493 e. The first-order valence-corrected chi connectivity index (χ1v) is 8.83. The van der Waals surface area contributed by atoms with E-state index in [1.165, 1.54) is 4.68 Å². The first-order valence-electron chi connectivity index (χ1n) is 8.08. The Hall–Kier alpha value is -2.70. The molecule has 0 bridgehead atoms. The summed E-state index contributed by atoms with van der Waals surface area (Å²) in [6, 6.07) is 10.8. The maximum absolute atomic E-state index is 6.22. The highest BCUT2D eigenvalue weighted by Crippen LogP contribution is 2.33. The van der Waals surface area contributed by atoms with Crippen LogP contribution in [-0.4, -0.2) is 23.0 Å². The molecule has 2 aromatic carbocycles. The van der Waals surface area contributed by atoms with Gasteiger partial charge in [0.15, 0.2) is 11.5 Å². The van der Waals surface area contributed by atoms with Crippen molar-refractivity contribution in [3.05, 3.63) is 69.5 Å². The molecule has 3 rings (SSSR count). The van der Waals surface area contributed by atoms with E-state index in [1.807, 2.05) is 19.1 Å². The summed E-state index contributed by atoms with van der Waals surface area (Å²) in [6.45, 7) is 2.03. The second-order valence-electron chi connectivity index (χ2n) is 5.70. The van der Waals surface area contributed by atoms with Crippen molar-refractivity contribution in [1.29, 1.82) is 0 Å². The molecule has 0 radical (unpaired) electrons. The molecule has 6 nitrogen and oxygen atoms in total. The predicted octanol–water partition coefficient (Wildman–Crippen LogP) is 4.55. The van der Waals surface area contributed by atoms with Crippen LogP contribution in [0.2, 0.25) is 10.0 Å². The molecule has 0 saturated carbocycles. The van der Waals surface area contributed by atoms with Crippen molar-refractivity contribution >= 4 is 35.4 Å². The lowest BCUT2D eigenvalue weighted by Gasteiger charge is -2.14. The SMILES string of the molecule is COc1cccc(C=Nn2cc(C)nc2N)c1OCc1c(Cl)cccc1Cl. The number of nitrogen functional groups attached to an aromatic ring is 1. The third-order valence-corrected chi connectivity index (χ3v) is 4.52. The van der Waals surface area contributed by atoms with E-state index in [4.69, 9.17) is 38.4 Å². The fraction of sp³-hybridized carbons (Fsp3) is 0.158. The van der Waals surface area contributed by atoms with E-state index in [2.05, 4.69) is 10.1 Å². The molecule has 0 saturated heterocycles. The Morgan fingerprint density at radius 2 is 1.89 bits per heavy atom. The Kier molecular flexibility index (Phi) is 5.88. The average molecular weight is 405 g/mol. The van der Waals surface area contributed by atoms with Crippen LogP contribution in [0.25, 0.3) is 0 Å². The van der Waals surface area contributed by atoms with Crippen LogP contribution in [0.5, 0.6) is 11.5 Å². The number of benzene rings is 2. The summed E-state index contributed by atoms with van der Waals surface area (Å²) < 4.78 is 12.9. The highest BCUT2D eigenvalue weighted by molar-refractivity contribution is 6.35. The molecule has 3 aromatic rings. The van der Waals surface area contributed by atoms with Gasteiger partial charge in [0.2, 0.25) is 5.95 Å². The molecule has 0 aliphatic carbocycles. The van der Waals surface area contributed by atoms with E-state index in [1.54, 1.807) is 43.8 Å². The highest BCUT2D eigenvalue weighted by Gasteiger charge is 2.13. The summed E-state index contributed by atoms with van der Waals surface area (Å²) in [5.41, 5.74) is 8.01. The van der Waals surface area contributed by atoms with E-state index in [0.717, 1.165) is 5.69 Å². The molecule has 140 valence electrons. The minimum absolute atomic E-state index is 0.187. The van der Waals surface area contributed by atoms with Gasteiger partial charge in [0, 0.05) is 21.2 Å². The van der Waals surface area contributed by atoms with Crippen LogP contribution < -0.4 is 15.2 Å². The van der Waals surface area contributed by atoms with Gasteiger partial charge in [-0.1, -0.05) is 35.3 Å². The fourth-order valence-corrected chi connectivity index (χ4v) is 2.99. The van der Waals surface area contributed by atoms with Gasteiger partial charge < -0.3 is 15.2 Å². The van der Waals surface area contributed by atoms with Gasteiger partial charge in [-0.25, -0.2) is 9.66 Å². The molecule has 27 heavy (non-hydrogen) atoms. The van der Waals surface area contributed by atoms with Gasteiger partial charge >= 0.3 is 0 Å². The molecule has 0 fully saturated rings. The van der Waals surface area contributed by atoms with Crippen LogP contribution in [0.3, 0.4) is 0 Å². The smallest absolute Gasteiger partial charge is 0.221 e. The Balaban J connectivity index is 1.91. The van der Waals surface area contributed by atoms with Gasteiger partial charge in [0.25, 0.3) is 0 Å². The van der Waals surface area contributed by atoms with Crippen LogP contribution >= 0.6 is 23.2 Å². The standard InChI is InChI=1S/C19H18Cl2N4O2/c1-12-10-25(19(22)24-12)23-9-13-5-3-8-17(26-2)18(13)27-11-14-15(20)6-4-7-16(14)21/h3-10H,11H2,1-2H3,(H2,22,24). The molecule has 8 heteroatoms. The normalized spacial score (nSPS) is 11.1. The molecule has 0 unspecified atom stereocenters. The molecule has 1 heterocycles. The molecule has 1 aromatic heterocycles. The van der Waals surface area contributed by atoms with E-state index < -0.39 is 0 Å². The summed E-state index contributed by atoms with van der Waals surface area (Å²) in [7, 11) is 1.57. The van der Waals surface area contributed by atoms with Crippen LogP contribution in [-0.2, 0) is 6.61 Å². The van der Waals surface area contributed by atoms with Crippen molar-refractivity contribution in [3.63, 3.8) is 0 Å². The van der Waals surface area contributed by atoms with Crippen molar-refractivity contribution in [1.82, 2.24) is 9.66 Å². The summed E-state index contributed by atoms with van der Waals surface area (Å²) in [4.78, 5) is 4.12. The summed E-state index contributed by atoms with van der Waals surface area (Å²) in [5.74, 6) is 1.39. The number of hydrogen-bond donors (Lipinski definition) is 1. The summed E-state index contributed by atoms with van der Waals surface area (Å²) in [5, 5.41) is 5.41. The molecular formula is C19H18Cl2N4O2. The van der Waals surface area contributed by atoms with Gasteiger partial charge in [0.1, 0.15) is 6.61 Å². The highest BCUT2D eigenvalue weighted by atomic mass is 35.5. The second kappa shape index (κ2) is 8.33. The van der Waals surface area contributed by atoms with E-state index in [9.17, 15) is 0 Å². The topological polar surface area (TPSA) is 74.7 Å². The molecule has 0 aliphatic rings. The minimum Gasteiger partial charge on any atom is -0.493 e. The fourth-order valence-electron chi connectivity index (χ4n) is 2.49. The molecule has 0 spiro atoms. The van der Waals surface area contributed by atoms with E-state index in [-0.39, 0.29) is 6.61 Å². The molecule has 0 aliphatic heterocycles. The van der Waals surface area contributed by atoms with Crippen molar-refractivity contribution in [2.24, 2.45) is 5.10 Å². The zero-order valence-corrected chi connectivity index (χ0v) is 16.3. The van der Waals surface area contributed by atoms with E-state index >= 15 is 0 Å². The van der Waals surface area contributed by atoms with Crippen LogP contribution in [0, 0.1) is 6.92 Å². The van der Waals surface area contributed by atoms with Crippen molar-refractivity contribution in [2.75, 3.05) is 12.8 Å². The van der Waals surface area contributed by atoms with Crippen molar-refractivity contribution in [2.45, 2.75) is 13.5 Å². The lowest BCUT2D eigenvalue weighted by Crippen LogP contribution is -2.03. The lowest BCUT2D eigenvalue weighted by molar-refractivity contribution is 0.284.